The second-order valence-electron chi connectivity index (χ2n) is 29.8. The fraction of sp³-hybridized carbons (Fsp3) is 0.564. The molecule has 10 amide bonds. The van der Waals surface area contributed by atoms with E-state index in [1.54, 1.807) is 0 Å². The molecular formula is C78H108N12O10. The summed E-state index contributed by atoms with van der Waals surface area (Å²) in [6, 6.07) is 24.1. The Balaban J connectivity index is 1.04. The average molecular weight is 1370 g/mol. The zero-order valence-corrected chi connectivity index (χ0v) is 59.7. The number of benzene rings is 4. The Morgan fingerprint density at radius 3 is 1.05 bits per heavy atom. The highest BCUT2D eigenvalue weighted by Gasteiger charge is 2.45. The van der Waals surface area contributed by atoms with Crippen molar-refractivity contribution in [2.45, 2.75) is 205 Å². The minimum atomic E-state index is -1.15. The monoisotopic (exact) mass is 1370 g/mol. The summed E-state index contributed by atoms with van der Waals surface area (Å²) in [6.07, 6.45) is 3.35. The van der Waals surface area contributed by atoms with Crippen LogP contribution in [0.15, 0.2) is 97.1 Å². The lowest BCUT2D eigenvalue weighted by molar-refractivity contribution is -0.142. The van der Waals surface area contributed by atoms with Gasteiger partial charge in [-0.15, -0.1) is 0 Å². The minimum Gasteiger partial charge on any atom is -0.354 e. The van der Waals surface area contributed by atoms with Crippen molar-refractivity contribution >= 4 is 59.1 Å². The first-order chi connectivity index (χ1) is 48.0. The summed E-state index contributed by atoms with van der Waals surface area (Å²) >= 11 is 0. The summed E-state index contributed by atoms with van der Waals surface area (Å²) in [5.41, 5.74) is 20.1. The third kappa shape index (κ3) is 18.7. The van der Waals surface area contributed by atoms with Crippen LogP contribution in [0.4, 0.5) is 0 Å². The zero-order chi connectivity index (χ0) is 71.9. The molecule has 0 spiro atoms. The minimum absolute atomic E-state index is 0.00463. The van der Waals surface area contributed by atoms with Crippen molar-refractivity contribution in [2.24, 2.45) is 47.0 Å². The normalized spacial score (nSPS) is 25.4. The van der Waals surface area contributed by atoms with Gasteiger partial charge in [0.25, 0.3) is 0 Å². The van der Waals surface area contributed by atoms with Crippen LogP contribution in [-0.4, -0.2) is 156 Å². The Kier molecular flexibility index (Phi) is 26.6. The number of fused-ring (bicyclic) bond motifs is 8. The van der Waals surface area contributed by atoms with Crippen LogP contribution in [0.3, 0.4) is 0 Å². The average Bonchev–Trinajstić information content (AvgIpc) is 1.67. The van der Waals surface area contributed by atoms with Gasteiger partial charge in [-0.1, -0.05) is 152 Å². The van der Waals surface area contributed by atoms with Gasteiger partial charge in [0.1, 0.15) is 36.3 Å². The molecule has 100 heavy (non-hydrogen) atoms. The molecule has 4 aromatic carbocycles. The van der Waals surface area contributed by atoms with E-state index in [2.05, 4.69) is 42.5 Å². The van der Waals surface area contributed by atoms with E-state index in [9.17, 15) is 28.8 Å². The van der Waals surface area contributed by atoms with Gasteiger partial charge in [0.15, 0.2) is 0 Å². The summed E-state index contributed by atoms with van der Waals surface area (Å²) in [5, 5.41) is 24.3. The van der Waals surface area contributed by atoms with Crippen LogP contribution in [0.2, 0.25) is 0 Å². The van der Waals surface area contributed by atoms with E-state index >= 15 is 19.2 Å². The number of carbonyl (C=O) groups excluding carboxylic acids is 10. The van der Waals surface area contributed by atoms with E-state index in [0.29, 0.717) is 51.4 Å². The molecule has 9 rings (SSSR count). The highest BCUT2D eigenvalue weighted by Crippen LogP contribution is 2.48. The predicted molar refractivity (Wildman–Crippen MR) is 385 cm³/mol. The van der Waals surface area contributed by atoms with E-state index < -0.39 is 119 Å². The molecule has 12 N–H and O–H groups in total. The Labute approximate surface area is 589 Å². The summed E-state index contributed by atoms with van der Waals surface area (Å²) in [7, 11) is 0. The molecule has 0 aromatic heterocycles. The molecule has 2 aliphatic carbocycles. The number of amides is 10. The molecule has 22 heteroatoms. The number of hydrogen-bond donors (Lipinski definition) is 10. The van der Waals surface area contributed by atoms with E-state index in [0.717, 1.165) is 44.5 Å². The van der Waals surface area contributed by atoms with Gasteiger partial charge in [0.05, 0.1) is 11.8 Å². The lowest BCUT2D eigenvalue weighted by Crippen LogP contribution is -2.57. The number of nitrogens with zero attached hydrogens (tertiary/aromatic N) is 2. The van der Waals surface area contributed by atoms with Crippen molar-refractivity contribution in [2.75, 3.05) is 39.3 Å². The molecule has 5 aliphatic rings. The van der Waals surface area contributed by atoms with Crippen molar-refractivity contribution in [1.82, 2.24) is 52.3 Å². The maximum atomic E-state index is 15.5. The Bertz CT molecular complexity index is 3260. The molecular weight excluding hydrogens is 1260 g/mol. The summed E-state index contributed by atoms with van der Waals surface area (Å²) in [6.45, 7) is 15.9. The van der Waals surface area contributed by atoms with E-state index in [1.165, 1.54) is 9.80 Å². The fourth-order valence-corrected chi connectivity index (χ4v) is 15.7. The Morgan fingerprint density at radius 2 is 0.740 bits per heavy atom. The molecule has 10 atom stereocenters. The van der Waals surface area contributed by atoms with Crippen LogP contribution in [-0.2, 0) is 47.9 Å². The summed E-state index contributed by atoms with van der Waals surface area (Å²) < 4.78 is 0. The van der Waals surface area contributed by atoms with Gasteiger partial charge >= 0.3 is 0 Å². The quantitative estimate of drug-likeness (QED) is 0.0581. The molecule has 22 nitrogen and oxygen atoms in total. The first-order valence-corrected chi connectivity index (χ1v) is 36.7. The largest absolute Gasteiger partial charge is 0.354 e. The first kappa shape index (κ1) is 75.7. The topological polar surface area (TPSA) is 325 Å². The number of nitrogens with one attached hydrogen (secondary N) is 8. The van der Waals surface area contributed by atoms with Crippen LogP contribution in [0, 0.1) is 35.5 Å². The highest BCUT2D eigenvalue weighted by molar-refractivity contribution is 5.96. The van der Waals surface area contributed by atoms with E-state index in [-0.39, 0.29) is 113 Å². The third-order valence-corrected chi connectivity index (χ3v) is 20.8. The maximum absolute atomic E-state index is 15.5. The molecule has 3 aliphatic heterocycles. The van der Waals surface area contributed by atoms with Crippen molar-refractivity contribution in [3.8, 4) is 22.3 Å². The number of rotatable bonds is 16. The van der Waals surface area contributed by atoms with Gasteiger partial charge in [0, 0.05) is 62.9 Å². The second-order valence-corrected chi connectivity index (χ2v) is 29.8. The number of hydrogen-bond acceptors (Lipinski definition) is 12. The maximum Gasteiger partial charge on any atom is 0.245 e. The lowest BCUT2D eigenvalue weighted by Gasteiger charge is -2.33. The van der Waals surface area contributed by atoms with Gasteiger partial charge in [0.2, 0.25) is 59.1 Å². The molecule has 4 aromatic rings. The smallest absolute Gasteiger partial charge is 0.245 e. The van der Waals surface area contributed by atoms with Crippen molar-refractivity contribution in [1.29, 1.82) is 0 Å². The van der Waals surface area contributed by atoms with Crippen LogP contribution in [0.5, 0.6) is 0 Å². The van der Waals surface area contributed by atoms with Crippen LogP contribution < -0.4 is 54.0 Å². The third-order valence-electron chi connectivity index (χ3n) is 20.8. The lowest BCUT2D eigenvalue weighted by atomic mass is 9.88. The standard InChI is InChI=1S/C78H108N12O10/c1-45(2)37-49-39-69(91)85-63(29-17-33-79)73(95)81-43-61(47(5)6)72(94)88-66(42-60-57-27-15-11-23-53(57)54-24-12-16-28-58(54)60)78(100)90-36-20-32-68(90)76(98)84-50(38-46(3)4)40-70(92)86-64(30-18-34-80)74(96)82-44-62(48(7)8)71(93)87-65(77(99)89-35-19-31-67(89)75(97)83-49)41-59-55-25-13-9-21-51(55)52-22-10-14-26-56(52)59/h9-16,21-28,45-50,59-68H,17-20,29-44,79-80H2,1-8H3,(H,81,95)(H,82,96)(H,83,97)(H,84,98)(H,85,91)(H,86,92)(H,87,93)(H,88,94)/t49-,50-,61-,62-,63+,64+,65+,66+,67-,68-/m0/s1. The molecule has 540 valence electrons. The number of nitrogens with two attached hydrogens (primary N) is 2. The van der Waals surface area contributed by atoms with Crippen LogP contribution in [0.1, 0.15) is 179 Å². The van der Waals surface area contributed by atoms with Crippen molar-refractivity contribution in [3.05, 3.63) is 119 Å². The van der Waals surface area contributed by atoms with Crippen LogP contribution in [0.25, 0.3) is 22.3 Å². The first-order valence-electron chi connectivity index (χ1n) is 36.7. The van der Waals surface area contributed by atoms with Gasteiger partial charge < -0.3 is 63.8 Å². The number of carbonyl (C=O) groups is 10. The molecule has 0 bridgehead atoms. The van der Waals surface area contributed by atoms with E-state index in [4.69, 9.17) is 11.5 Å². The van der Waals surface area contributed by atoms with Gasteiger partial charge in [-0.3, -0.25) is 47.9 Å². The fourth-order valence-electron chi connectivity index (χ4n) is 15.7. The Hall–Kier alpha value is -8.50. The second kappa shape index (κ2) is 35.2. The molecule has 3 fully saturated rings. The van der Waals surface area contributed by atoms with Gasteiger partial charge in [-0.05, 0) is 158 Å². The highest BCUT2D eigenvalue weighted by atomic mass is 16.2. The van der Waals surface area contributed by atoms with Gasteiger partial charge in [-0.2, -0.15) is 0 Å². The molecule has 3 heterocycles. The van der Waals surface area contributed by atoms with E-state index in [1.807, 2.05) is 152 Å². The zero-order valence-electron chi connectivity index (χ0n) is 59.7. The predicted octanol–water partition coefficient (Wildman–Crippen LogP) is 6.42. The van der Waals surface area contributed by atoms with Crippen LogP contribution >= 0.6 is 0 Å². The van der Waals surface area contributed by atoms with Crippen molar-refractivity contribution < 1.29 is 47.9 Å². The molecule has 0 radical (unpaired) electrons. The molecule has 3 saturated heterocycles. The van der Waals surface area contributed by atoms with Gasteiger partial charge in [-0.25, -0.2) is 0 Å². The van der Waals surface area contributed by atoms with Crippen molar-refractivity contribution in [3.63, 3.8) is 0 Å². The summed E-state index contributed by atoms with van der Waals surface area (Å²) in [5.74, 6) is -8.01. The molecule has 0 saturated carbocycles. The summed E-state index contributed by atoms with van der Waals surface area (Å²) in [4.78, 5) is 152. The SMILES string of the molecule is CC(C)C[C@H]1CC(=O)N[C@H](CCCN)C(=O)NC[C@@H](C(C)C)C(=O)N[C@H](CC2c3ccccc3-c3ccccc32)C(=O)N2CCC[C@H]2C(=O)N[C@@H](CC(C)C)CC(=O)N[C@H](CCCN)C(=O)NC[C@@H](C(C)C)C(=O)N[C@H](CC2c3ccccc3-c3ccccc32)C(=O)N2CCC[C@H]2C(=O)N1. The Morgan fingerprint density at radius 1 is 0.410 bits per heavy atom. The molecule has 0 unspecified atom stereocenters.